The average molecular weight is 249 g/mol. The molecule has 0 heterocycles. The highest BCUT2D eigenvalue weighted by Gasteiger charge is 2.15. The summed E-state index contributed by atoms with van der Waals surface area (Å²) in [6, 6.07) is 5.22. The third kappa shape index (κ3) is 3.21. The van der Waals surface area contributed by atoms with Crippen LogP contribution in [0.4, 0.5) is 10.1 Å². The van der Waals surface area contributed by atoms with E-state index in [-0.39, 0.29) is 11.9 Å². The Balaban J connectivity index is 3.19. The van der Waals surface area contributed by atoms with Crippen molar-refractivity contribution in [3.63, 3.8) is 0 Å². The smallest absolute Gasteiger partial charge is 0.126 e. The first-order valence-electron chi connectivity index (χ1n) is 6.18. The van der Waals surface area contributed by atoms with Gasteiger partial charge < -0.3 is 10.6 Å². The Labute approximate surface area is 108 Å². The van der Waals surface area contributed by atoms with Crippen molar-refractivity contribution in [3.05, 3.63) is 29.1 Å². The fraction of sp³-hybridized carbons (Fsp3) is 0.500. The minimum absolute atomic E-state index is 0.230. The molecule has 0 radical (unpaired) electrons. The molecule has 0 aliphatic carbocycles. The summed E-state index contributed by atoms with van der Waals surface area (Å²) in [5.74, 6) is -0.234. The predicted octanol–water partition coefficient (Wildman–Crippen LogP) is 2.89. The first kappa shape index (κ1) is 14.5. The number of nitrogens with zero attached hydrogens (tertiary/aromatic N) is 2. The maximum absolute atomic E-state index is 13.6. The molecule has 4 heteroatoms. The summed E-state index contributed by atoms with van der Waals surface area (Å²) in [7, 11) is 0. The summed E-state index contributed by atoms with van der Waals surface area (Å²) < 4.78 is 13.6. The highest BCUT2D eigenvalue weighted by molar-refractivity contribution is 5.57. The van der Waals surface area contributed by atoms with Crippen molar-refractivity contribution >= 4 is 5.69 Å². The summed E-state index contributed by atoms with van der Waals surface area (Å²) in [4.78, 5) is 2.06. The van der Waals surface area contributed by atoms with Crippen molar-refractivity contribution in [1.82, 2.24) is 0 Å². The van der Waals surface area contributed by atoms with Gasteiger partial charge in [-0.15, -0.1) is 0 Å². The number of hydrogen-bond acceptors (Lipinski definition) is 3. The number of nitriles is 1. The topological polar surface area (TPSA) is 53.0 Å². The lowest BCUT2D eigenvalue weighted by Gasteiger charge is -2.26. The Morgan fingerprint density at radius 1 is 1.50 bits per heavy atom. The SMILES string of the molecule is CCN(CCC#N)c1cc(C)c(F)cc1[C@@H](C)N. The van der Waals surface area contributed by atoms with E-state index in [1.54, 1.807) is 6.92 Å². The Bertz CT molecular complexity index is 449. The van der Waals surface area contributed by atoms with Crippen LogP contribution in [0.25, 0.3) is 0 Å². The zero-order chi connectivity index (χ0) is 13.7. The van der Waals surface area contributed by atoms with Crippen LogP contribution in [-0.4, -0.2) is 13.1 Å². The van der Waals surface area contributed by atoms with E-state index in [0.29, 0.717) is 18.5 Å². The molecular weight excluding hydrogens is 229 g/mol. The Kier molecular flexibility index (Phi) is 5.11. The molecule has 0 aromatic heterocycles. The zero-order valence-electron chi connectivity index (χ0n) is 11.2. The minimum Gasteiger partial charge on any atom is -0.370 e. The standard InChI is InChI=1S/C14H20FN3/c1-4-18(7-5-6-16)14-8-10(2)13(15)9-12(14)11(3)17/h8-9,11H,4-5,7,17H2,1-3H3/t11-/m1/s1. The van der Waals surface area contributed by atoms with Gasteiger partial charge in [-0.3, -0.25) is 0 Å². The molecule has 18 heavy (non-hydrogen) atoms. The highest BCUT2D eigenvalue weighted by atomic mass is 19.1. The van der Waals surface area contributed by atoms with Crippen LogP contribution >= 0.6 is 0 Å². The van der Waals surface area contributed by atoms with Crippen LogP contribution in [-0.2, 0) is 0 Å². The van der Waals surface area contributed by atoms with Gasteiger partial charge in [-0.25, -0.2) is 4.39 Å². The molecule has 0 saturated heterocycles. The quantitative estimate of drug-likeness (QED) is 0.873. The van der Waals surface area contributed by atoms with E-state index >= 15 is 0 Å². The zero-order valence-corrected chi connectivity index (χ0v) is 11.2. The predicted molar refractivity (Wildman–Crippen MR) is 71.9 cm³/mol. The fourth-order valence-electron chi connectivity index (χ4n) is 1.95. The Morgan fingerprint density at radius 2 is 2.17 bits per heavy atom. The average Bonchev–Trinajstić information content (AvgIpc) is 2.33. The van der Waals surface area contributed by atoms with Crippen LogP contribution < -0.4 is 10.6 Å². The molecule has 3 nitrogen and oxygen atoms in total. The molecule has 1 aromatic rings. The molecule has 98 valence electrons. The van der Waals surface area contributed by atoms with Crippen molar-refractivity contribution < 1.29 is 4.39 Å². The lowest BCUT2D eigenvalue weighted by atomic mass is 10.0. The largest absolute Gasteiger partial charge is 0.370 e. The van der Waals surface area contributed by atoms with Crippen molar-refractivity contribution in [3.8, 4) is 6.07 Å². The third-order valence-electron chi connectivity index (χ3n) is 3.01. The van der Waals surface area contributed by atoms with Gasteiger partial charge in [0.1, 0.15) is 5.82 Å². The van der Waals surface area contributed by atoms with E-state index in [1.807, 2.05) is 19.9 Å². The van der Waals surface area contributed by atoms with Crippen LogP contribution in [0.3, 0.4) is 0 Å². The second-order valence-electron chi connectivity index (χ2n) is 4.44. The van der Waals surface area contributed by atoms with Gasteiger partial charge in [0.15, 0.2) is 0 Å². The van der Waals surface area contributed by atoms with Gasteiger partial charge in [0.2, 0.25) is 0 Å². The number of benzene rings is 1. The molecule has 0 unspecified atom stereocenters. The molecule has 0 aliphatic heterocycles. The van der Waals surface area contributed by atoms with Crippen molar-refractivity contribution in [1.29, 1.82) is 5.26 Å². The molecule has 1 rings (SSSR count). The maximum Gasteiger partial charge on any atom is 0.126 e. The molecule has 0 bridgehead atoms. The van der Waals surface area contributed by atoms with E-state index in [0.717, 1.165) is 17.8 Å². The van der Waals surface area contributed by atoms with E-state index < -0.39 is 0 Å². The molecule has 0 saturated carbocycles. The minimum atomic E-state index is -0.234. The summed E-state index contributed by atoms with van der Waals surface area (Å²) >= 11 is 0. The number of halogens is 1. The van der Waals surface area contributed by atoms with E-state index in [4.69, 9.17) is 11.0 Å². The number of nitrogens with two attached hydrogens (primary N) is 1. The third-order valence-corrected chi connectivity index (χ3v) is 3.01. The van der Waals surface area contributed by atoms with Gasteiger partial charge in [0.25, 0.3) is 0 Å². The molecule has 0 amide bonds. The molecule has 1 atom stereocenters. The number of aryl methyl sites for hydroxylation is 1. The first-order chi connectivity index (χ1) is 8.51. The number of anilines is 1. The van der Waals surface area contributed by atoms with Crippen LogP contribution in [0.1, 0.15) is 37.4 Å². The monoisotopic (exact) mass is 249 g/mol. The second-order valence-corrected chi connectivity index (χ2v) is 4.44. The van der Waals surface area contributed by atoms with E-state index in [9.17, 15) is 4.39 Å². The van der Waals surface area contributed by atoms with Crippen LogP contribution in [0, 0.1) is 24.1 Å². The summed E-state index contributed by atoms with van der Waals surface area (Å²) in [5, 5.41) is 8.67. The van der Waals surface area contributed by atoms with Gasteiger partial charge >= 0.3 is 0 Å². The van der Waals surface area contributed by atoms with Gasteiger partial charge in [-0.1, -0.05) is 0 Å². The molecule has 0 spiro atoms. The summed E-state index contributed by atoms with van der Waals surface area (Å²) in [6.07, 6.45) is 0.447. The van der Waals surface area contributed by atoms with Gasteiger partial charge in [-0.2, -0.15) is 5.26 Å². The Morgan fingerprint density at radius 3 is 2.67 bits per heavy atom. The van der Waals surface area contributed by atoms with E-state index in [1.165, 1.54) is 6.07 Å². The van der Waals surface area contributed by atoms with Gasteiger partial charge in [0.05, 0.1) is 12.5 Å². The first-order valence-corrected chi connectivity index (χ1v) is 6.18. The fourth-order valence-corrected chi connectivity index (χ4v) is 1.95. The molecule has 1 aromatic carbocycles. The molecule has 2 N–H and O–H groups in total. The number of rotatable bonds is 5. The van der Waals surface area contributed by atoms with Crippen molar-refractivity contribution in [2.75, 3.05) is 18.0 Å². The van der Waals surface area contributed by atoms with Gasteiger partial charge in [-0.05, 0) is 44.0 Å². The summed E-state index contributed by atoms with van der Waals surface area (Å²) in [6.45, 7) is 7.00. The van der Waals surface area contributed by atoms with Crippen LogP contribution in [0.15, 0.2) is 12.1 Å². The highest BCUT2D eigenvalue weighted by Crippen LogP contribution is 2.28. The van der Waals surface area contributed by atoms with E-state index in [2.05, 4.69) is 11.0 Å². The molecular formula is C14H20FN3. The molecule has 0 fully saturated rings. The van der Waals surface area contributed by atoms with Crippen LogP contribution in [0.5, 0.6) is 0 Å². The summed E-state index contributed by atoms with van der Waals surface area (Å²) in [5.41, 5.74) is 8.22. The van der Waals surface area contributed by atoms with Crippen LogP contribution in [0.2, 0.25) is 0 Å². The van der Waals surface area contributed by atoms with Gasteiger partial charge in [0, 0.05) is 24.8 Å². The Hall–Kier alpha value is -1.60. The van der Waals surface area contributed by atoms with Crippen molar-refractivity contribution in [2.45, 2.75) is 33.2 Å². The van der Waals surface area contributed by atoms with Crippen molar-refractivity contribution in [2.24, 2.45) is 5.73 Å². The number of hydrogen-bond donors (Lipinski definition) is 1. The normalized spacial score (nSPS) is 12.0. The lowest BCUT2D eigenvalue weighted by molar-refractivity contribution is 0.612. The lowest BCUT2D eigenvalue weighted by Crippen LogP contribution is -2.26. The maximum atomic E-state index is 13.6. The second kappa shape index (κ2) is 6.36. The molecule has 0 aliphatic rings.